The quantitative estimate of drug-likeness (QED) is 0.821. The van der Waals surface area contributed by atoms with Gasteiger partial charge in [0, 0.05) is 6.07 Å². The molecule has 0 saturated carbocycles. The summed E-state index contributed by atoms with van der Waals surface area (Å²) in [6.45, 7) is 0.259. The lowest BCUT2D eigenvalue weighted by atomic mass is 10.2. The van der Waals surface area contributed by atoms with Crippen molar-refractivity contribution in [2.45, 2.75) is 6.54 Å². The molecule has 0 fully saturated rings. The lowest BCUT2D eigenvalue weighted by molar-refractivity contribution is 0.355. The molecule has 0 saturated heterocycles. The summed E-state index contributed by atoms with van der Waals surface area (Å²) in [5, 5.41) is 0. The second-order valence-corrected chi connectivity index (χ2v) is 6.70. The van der Waals surface area contributed by atoms with Gasteiger partial charge in [0.05, 0.1) is 32.7 Å². The van der Waals surface area contributed by atoms with E-state index in [9.17, 15) is 8.42 Å². The zero-order valence-electron chi connectivity index (χ0n) is 12.8. The summed E-state index contributed by atoms with van der Waals surface area (Å²) in [5.74, 6) is 1.04. The topological polar surface area (TPSA) is 55.8 Å². The van der Waals surface area contributed by atoms with Crippen LogP contribution in [0.1, 0.15) is 5.56 Å². The van der Waals surface area contributed by atoms with Crippen molar-refractivity contribution < 1.29 is 17.9 Å². The van der Waals surface area contributed by atoms with Crippen molar-refractivity contribution in [3.8, 4) is 11.5 Å². The van der Waals surface area contributed by atoms with Gasteiger partial charge in [0.2, 0.25) is 10.0 Å². The fourth-order valence-corrected chi connectivity index (χ4v) is 3.01. The Labute approximate surface area is 131 Å². The third-order valence-corrected chi connectivity index (χ3v) is 4.37. The first kappa shape index (κ1) is 16.2. The Bertz CT molecular complexity index is 729. The summed E-state index contributed by atoms with van der Waals surface area (Å²) in [4.78, 5) is 0. The Hall–Kier alpha value is -2.21. The van der Waals surface area contributed by atoms with Crippen molar-refractivity contribution in [3.63, 3.8) is 0 Å². The van der Waals surface area contributed by atoms with Gasteiger partial charge in [-0.15, -0.1) is 0 Å². The number of benzene rings is 2. The van der Waals surface area contributed by atoms with Crippen LogP contribution in [0, 0.1) is 0 Å². The molecule has 0 spiro atoms. The van der Waals surface area contributed by atoms with Crippen LogP contribution >= 0.6 is 0 Å². The van der Waals surface area contributed by atoms with Gasteiger partial charge in [-0.25, -0.2) is 8.42 Å². The predicted molar refractivity (Wildman–Crippen MR) is 87.0 cm³/mol. The van der Waals surface area contributed by atoms with Gasteiger partial charge in [0.25, 0.3) is 0 Å². The molecule has 0 aliphatic rings. The molecule has 118 valence electrons. The highest BCUT2D eigenvalue weighted by Crippen LogP contribution is 2.33. The minimum atomic E-state index is -3.42. The van der Waals surface area contributed by atoms with Crippen LogP contribution in [0.5, 0.6) is 11.5 Å². The number of ether oxygens (including phenoxy) is 2. The molecular formula is C16H19NO4S. The minimum Gasteiger partial charge on any atom is -0.493 e. The van der Waals surface area contributed by atoms with Crippen molar-refractivity contribution in [1.82, 2.24) is 0 Å². The molecule has 0 atom stereocenters. The average Bonchev–Trinajstić information content (AvgIpc) is 2.52. The molecule has 0 unspecified atom stereocenters. The molecule has 0 radical (unpaired) electrons. The molecule has 22 heavy (non-hydrogen) atoms. The van der Waals surface area contributed by atoms with Gasteiger partial charge in [0.1, 0.15) is 0 Å². The summed E-state index contributed by atoms with van der Waals surface area (Å²) in [6.07, 6.45) is 1.19. The molecule has 0 heterocycles. The Morgan fingerprint density at radius 2 is 1.59 bits per heavy atom. The Kier molecular flexibility index (Phi) is 4.92. The highest BCUT2D eigenvalue weighted by Gasteiger charge is 2.19. The first-order valence-electron chi connectivity index (χ1n) is 6.69. The first-order valence-corrected chi connectivity index (χ1v) is 8.54. The smallest absolute Gasteiger partial charge is 0.232 e. The van der Waals surface area contributed by atoms with Crippen molar-refractivity contribution in [2.75, 3.05) is 24.8 Å². The van der Waals surface area contributed by atoms with E-state index in [2.05, 4.69) is 0 Å². The van der Waals surface area contributed by atoms with E-state index in [1.807, 2.05) is 30.3 Å². The highest BCUT2D eigenvalue weighted by atomic mass is 32.2. The number of hydrogen-bond donors (Lipinski definition) is 0. The van der Waals surface area contributed by atoms with E-state index >= 15 is 0 Å². The SMILES string of the molecule is COc1ccc(N(Cc2ccccc2)S(C)(=O)=O)cc1OC. The largest absolute Gasteiger partial charge is 0.493 e. The normalized spacial score (nSPS) is 11.0. The van der Waals surface area contributed by atoms with Crippen molar-refractivity contribution in [1.29, 1.82) is 0 Å². The van der Waals surface area contributed by atoms with Gasteiger partial charge in [-0.2, -0.15) is 0 Å². The summed E-state index contributed by atoms with van der Waals surface area (Å²) in [7, 11) is -0.369. The van der Waals surface area contributed by atoms with Crippen LogP contribution in [0.3, 0.4) is 0 Å². The molecule has 2 aromatic rings. The lowest BCUT2D eigenvalue weighted by Gasteiger charge is -2.23. The molecule has 0 amide bonds. The summed E-state index contributed by atoms with van der Waals surface area (Å²) in [6, 6.07) is 14.5. The molecule has 0 aliphatic heterocycles. The lowest BCUT2D eigenvalue weighted by Crippen LogP contribution is -2.29. The van der Waals surface area contributed by atoms with E-state index in [1.165, 1.54) is 24.8 Å². The Morgan fingerprint density at radius 1 is 0.955 bits per heavy atom. The van der Waals surface area contributed by atoms with Gasteiger partial charge in [-0.3, -0.25) is 4.31 Å². The fourth-order valence-electron chi connectivity index (χ4n) is 2.13. The monoisotopic (exact) mass is 321 g/mol. The molecular weight excluding hydrogens is 302 g/mol. The highest BCUT2D eigenvalue weighted by molar-refractivity contribution is 7.92. The average molecular weight is 321 g/mol. The third kappa shape index (κ3) is 3.71. The van der Waals surface area contributed by atoms with Crippen molar-refractivity contribution >= 4 is 15.7 Å². The zero-order chi connectivity index (χ0) is 16.2. The number of methoxy groups -OCH3 is 2. The van der Waals surface area contributed by atoms with E-state index in [0.717, 1.165) is 5.56 Å². The molecule has 2 rings (SSSR count). The Morgan fingerprint density at radius 3 is 2.14 bits per heavy atom. The van der Waals surface area contributed by atoms with Crippen molar-refractivity contribution in [3.05, 3.63) is 54.1 Å². The van der Waals surface area contributed by atoms with Gasteiger partial charge in [-0.05, 0) is 17.7 Å². The maximum Gasteiger partial charge on any atom is 0.232 e. The van der Waals surface area contributed by atoms with Crippen LogP contribution in [0.15, 0.2) is 48.5 Å². The molecule has 0 bridgehead atoms. The van der Waals surface area contributed by atoms with Crippen LogP contribution in [0.2, 0.25) is 0 Å². The van der Waals surface area contributed by atoms with Gasteiger partial charge in [0.15, 0.2) is 11.5 Å². The van der Waals surface area contributed by atoms with Crippen LogP contribution < -0.4 is 13.8 Å². The molecule has 5 nitrogen and oxygen atoms in total. The van der Waals surface area contributed by atoms with E-state index in [1.54, 1.807) is 18.2 Å². The third-order valence-electron chi connectivity index (χ3n) is 3.22. The molecule has 0 aromatic heterocycles. The van der Waals surface area contributed by atoms with Crippen molar-refractivity contribution in [2.24, 2.45) is 0 Å². The van der Waals surface area contributed by atoms with Crippen LogP contribution in [0.4, 0.5) is 5.69 Å². The fraction of sp³-hybridized carbons (Fsp3) is 0.250. The number of nitrogens with zero attached hydrogens (tertiary/aromatic N) is 1. The Balaban J connectivity index is 2.42. The van der Waals surface area contributed by atoms with Crippen LogP contribution in [-0.2, 0) is 16.6 Å². The molecule has 0 N–H and O–H groups in total. The van der Waals surface area contributed by atoms with Crippen LogP contribution in [0.25, 0.3) is 0 Å². The first-order chi connectivity index (χ1) is 10.5. The predicted octanol–water partition coefficient (Wildman–Crippen LogP) is 2.67. The molecule has 2 aromatic carbocycles. The maximum absolute atomic E-state index is 12.1. The minimum absolute atomic E-state index is 0.259. The van der Waals surface area contributed by atoms with E-state index < -0.39 is 10.0 Å². The molecule has 0 aliphatic carbocycles. The van der Waals surface area contributed by atoms with Gasteiger partial charge < -0.3 is 9.47 Å². The summed E-state index contributed by atoms with van der Waals surface area (Å²) < 4.78 is 36.1. The van der Waals surface area contributed by atoms with E-state index in [4.69, 9.17) is 9.47 Å². The van der Waals surface area contributed by atoms with Gasteiger partial charge in [-0.1, -0.05) is 30.3 Å². The standard InChI is InChI=1S/C16H19NO4S/c1-20-15-10-9-14(11-16(15)21-2)17(22(3,18)19)12-13-7-5-4-6-8-13/h4-11H,12H2,1-3H3. The van der Waals surface area contributed by atoms with Gasteiger partial charge >= 0.3 is 0 Å². The zero-order valence-corrected chi connectivity index (χ0v) is 13.6. The van der Waals surface area contributed by atoms with E-state index in [0.29, 0.717) is 17.2 Å². The second kappa shape index (κ2) is 6.70. The number of sulfonamides is 1. The number of anilines is 1. The van der Waals surface area contributed by atoms with E-state index in [-0.39, 0.29) is 6.54 Å². The maximum atomic E-state index is 12.1. The summed E-state index contributed by atoms with van der Waals surface area (Å²) in [5.41, 5.74) is 1.44. The molecule has 6 heteroatoms. The van der Waals surface area contributed by atoms with Crippen LogP contribution in [-0.4, -0.2) is 28.9 Å². The number of rotatable bonds is 6. The number of hydrogen-bond acceptors (Lipinski definition) is 4. The summed E-state index contributed by atoms with van der Waals surface area (Å²) >= 11 is 0. The second-order valence-electron chi connectivity index (χ2n) is 4.79.